The van der Waals surface area contributed by atoms with E-state index in [0.29, 0.717) is 13.0 Å². The second-order valence-corrected chi connectivity index (χ2v) is 4.67. The Labute approximate surface area is 103 Å². The van der Waals surface area contributed by atoms with E-state index in [9.17, 15) is 18.0 Å². The van der Waals surface area contributed by atoms with E-state index in [4.69, 9.17) is 4.74 Å². The molecule has 1 N–H and O–H groups in total. The van der Waals surface area contributed by atoms with Gasteiger partial charge >= 0.3 is 6.18 Å². The van der Waals surface area contributed by atoms with Gasteiger partial charge in [-0.2, -0.15) is 13.2 Å². The molecule has 2 fully saturated rings. The fraction of sp³-hybridized carbons (Fsp3) is 0.909. The van der Waals surface area contributed by atoms with Crippen LogP contribution in [0.5, 0.6) is 0 Å². The standard InChI is InChI=1S/C11H17F3N2O2/c12-11(13,14)8-7-15-9(17)4-5-16(8)10-3-1-2-6-18-10/h8,10H,1-7H2,(H,15,17). The molecule has 0 radical (unpaired) electrons. The summed E-state index contributed by atoms with van der Waals surface area (Å²) in [6.07, 6.45) is -2.42. The van der Waals surface area contributed by atoms with Gasteiger partial charge in [0.2, 0.25) is 5.91 Å². The first kappa shape index (κ1) is 13.6. The maximum atomic E-state index is 13.0. The number of carbonyl (C=O) groups is 1. The predicted molar refractivity (Wildman–Crippen MR) is 57.8 cm³/mol. The molecule has 1 amide bonds. The zero-order valence-corrected chi connectivity index (χ0v) is 10.0. The Balaban J connectivity index is 2.12. The molecule has 0 aromatic carbocycles. The van der Waals surface area contributed by atoms with Gasteiger partial charge in [0.15, 0.2) is 0 Å². The molecular formula is C11H17F3N2O2. The monoisotopic (exact) mass is 266 g/mol. The number of hydrogen-bond donors (Lipinski definition) is 1. The molecule has 2 atom stereocenters. The van der Waals surface area contributed by atoms with Crippen molar-refractivity contribution in [2.75, 3.05) is 19.7 Å². The van der Waals surface area contributed by atoms with Crippen molar-refractivity contribution >= 4 is 5.91 Å². The number of halogens is 3. The van der Waals surface area contributed by atoms with Gasteiger partial charge in [-0.3, -0.25) is 9.69 Å². The lowest BCUT2D eigenvalue weighted by Gasteiger charge is -2.38. The summed E-state index contributed by atoms with van der Waals surface area (Å²) in [6, 6.07) is -1.65. The quantitative estimate of drug-likeness (QED) is 0.777. The van der Waals surface area contributed by atoms with Crippen molar-refractivity contribution in [3.8, 4) is 0 Å². The molecule has 7 heteroatoms. The SMILES string of the molecule is O=C1CCN(C2CCCCO2)C(C(F)(F)F)CN1. The zero-order chi connectivity index (χ0) is 13.2. The van der Waals surface area contributed by atoms with Crippen molar-refractivity contribution in [3.63, 3.8) is 0 Å². The molecule has 4 nitrogen and oxygen atoms in total. The minimum atomic E-state index is -4.35. The molecule has 0 saturated carbocycles. The number of hydrogen-bond acceptors (Lipinski definition) is 3. The molecule has 104 valence electrons. The van der Waals surface area contributed by atoms with Gasteiger partial charge in [-0.05, 0) is 19.3 Å². The number of nitrogens with one attached hydrogen (secondary N) is 1. The summed E-state index contributed by atoms with van der Waals surface area (Å²) >= 11 is 0. The smallest absolute Gasteiger partial charge is 0.363 e. The van der Waals surface area contributed by atoms with Gasteiger partial charge in [-0.25, -0.2) is 0 Å². The van der Waals surface area contributed by atoms with Gasteiger partial charge in [0.05, 0.1) is 0 Å². The van der Waals surface area contributed by atoms with Crippen molar-refractivity contribution in [2.45, 2.75) is 44.1 Å². The van der Waals surface area contributed by atoms with E-state index in [1.54, 1.807) is 0 Å². The highest BCUT2D eigenvalue weighted by Crippen LogP contribution is 2.30. The molecule has 2 heterocycles. The lowest BCUT2D eigenvalue weighted by Crippen LogP contribution is -2.55. The fourth-order valence-corrected chi connectivity index (χ4v) is 2.44. The van der Waals surface area contributed by atoms with E-state index in [1.165, 1.54) is 4.90 Å². The Kier molecular flexibility index (Phi) is 4.11. The molecule has 2 aliphatic rings. The molecular weight excluding hydrogens is 249 g/mol. The summed E-state index contributed by atoms with van der Waals surface area (Å²) in [4.78, 5) is 12.5. The molecule has 2 aliphatic heterocycles. The normalized spacial score (nSPS) is 31.8. The Morgan fingerprint density at radius 3 is 2.72 bits per heavy atom. The first-order valence-corrected chi connectivity index (χ1v) is 6.19. The molecule has 0 spiro atoms. The average molecular weight is 266 g/mol. The highest BCUT2D eigenvalue weighted by Gasteiger charge is 2.47. The number of amides is 1. The summed E-state index contributed by atoms with van der Waals surface area (Å²) in [5, 5.41) is 2.31. The van der Waals surface area contributed by atoms with Crippen molar-refractivity contribution in [1.82, 2.24) is 10.2 Å². The minimum absolute atomic E-state index is 0.0897. The zero-order valence-electron chi connectivity index (χ0n) is 10.0. The summed E-state index contributed by atoms with van der Waals surface area (Å²) in [6.45, 7) is 0.204. The summed E-state index contributed by atoms with van der Waals surface area (Å²) in [7, 11) is 0. The van der Waals surface area contributed by atoms with E-state index in [1.807, 2.05) is 0 Å². The topological polar surface area (TPSA) is 41.6 Å². The minimum Gasteiger partial charge on any atom is -0.363 e. The molecule has 2 rings (SSSR count). The van der Waals surface area contributed by atoms with Crippen LogP contribution in [0.1, 0.15) is 25.7 Å². The van der Waals surface area contributed by atoms with Gasteiger partial charge in [-0.15, -0.1) is 0 Å². The van der Waals surface area contributed by atoms with E-state index in [-0.39, 0.29) is 25.4 Å². The van der Waals surface area contributed by atoms with Crippen LogP contribution in [0.25, 0.3) is 0 Å². The second-order valence-electron chi connectivity index (χ2n) is 4.67. The van der Waals surface area contributed by atoms with Crippen LogP contribution in [-0.2, 0) is 9.53 Å². The third-order valence-electron chi connectivity index (χ3n) is 3.39. The van der Waals surface area contributed by atoms with Crippen LogP contribution in [0.4, 0.5) is 13.2 Å². The van der Waals surface area contributed by atoms with Crippen LogP contribution < -0.4 is 5.32 Å². The number of rotatable bonds is 1. The molecule has 0 aromatic heterocycles. The largest absolute Gasteiger partial charge is 0.405 e. The van der Waals surface area contributed by atoms with E-state index in [0.717, 1.165) is 12.8 Å². The molecule has 0 bridgehead atoms. The average Bonchev–Trinajstić information content (AvgIpc) is 2.52. The van der Waals surface area contributed by atoms with Crippen molar-refractivity contribution in [2.24, 2.45) is 0 Å². The molecule has 0 aliphatic carbocycles. The van der Waals surface area contributed by atoms with Gasteiger partial charge in [0.25, 0.3) is 0 Å². The maximum absolute atomic E-state index is 13.0. The number of ether oxygens (including phenoxy) is 1. The van der Waals surface area contributed by atoms with Crippen molar-refractivity contribution < 1.29 is 22.7 Å². The van der Waals surface area contributed by atoms with Gasteiger partial charge in [-0.1, -0.05) is 0 Å². The van der Waals surface area contributed by atoms with Crippen LogP contribution in [-0.4, -0.2) is 48.9 Å². The van der Waals surface area contributed by atoms with Crippen molar-refractivity contribution in [3.05, 3.63) is 0 Å². The number of carbonyl (C=O) groups excluding carboxylic acids is 1. The highest BCUT2D eigenvalue weighted by atomic mass is 19.4. The Morgan fingerprint density at radius 2 is 2.11 bits per heavy atom. The van der Waals surface area contributed by atoms with Gasteiger partial charge < -0.3 is 10.1 Å². The van der Waals surface area contributed by atoms with Gasteiger partial charge in [0.1, 0.15) is 12.3 Å². The first-order chi connectivity index (χ1) is 8.48. The molecule has 2 saturated heterocycles. The Hall–Kier alpha value is -0.820. The molecule has 18 heavy (non-hydrogen) atoms. The number of nitrogens with zero attached hydrogens (tertiary/aromatic N) is 1. The lowest BCUT2D eigenvalue weighted by molar-refractivity contribution is -0.214. The van der Waals surface area contributed by atoms with E-state index < -0.39 is 18.4 Å². The molecule has 2 unspecified atom stereocenters. The maximum Gasteiger partial charge on any atom is 0.405 e. The predicted octanol–water partition coefficient (Wildman–Crippen LogP) is 1.27. The van der Waals surface area contributed by atoms with E-state index in [2.05, 4.69) is 5.32 Å². The first-order valence-electron chi connectivity index (χ1n) is 6.19. The van der Waals surface area contributed by atoms with Crippen LogP contribution in [0.15, 0.2) is 0 Å². The second kappa shape index (κ2) is 5.44. The van der Waals surface area contributed by atoms with Crippen LogP contribution in [0, 0.1) is 0 Å². The summed E-state index contributed by atoms with van der Waals surface area (Å²) in [5.41, 5.74) is 0. The number of alkyl halides is 3. The van der Waals surface area contributed by atoms with Crippen molar-refractivity contribution in [1.29, 1.82) is 0 Å². The third kappa shape index (κ3) is 3.14. The fourth-order valence-electron chi connectivity index (χ4n) is 2.44. The third-order valence-corrected chi connectivity index (χ3v) is 3.39. The van der Waals surface area contributed by atoms with Gasteiger partial charge in [0, 0.05) is 26.1 Å². The summed E-state index contributed by atoms with van der Waals surface area (Å²) in [5.74, 6) is -0.331. The summed E-state index contributed by atoms with van der Waals surface area (Å²) < 4.78 is 44.4. The van der Waals surface area contributed by atoms with E-state index >= 15 is 0 Å². The lowest BCUT2D eigenvalue weighted by atomic mass is 10.1. The Morgan fingerprint density at radius 1 is 1.33 bits per heavy atom. The molecule has 0 aromatic rings. The highest BCUT2D eigenvalue weighted by molar-refractivity contribution is 5.76. The van der Waals surface area contributed by atoms with Crippen LogP contribution >= 0.6 is 0 Å². The Bertz CT molecular complexity index is 303. The van der Waals surface area contributed by atoms with Crippen LogP contribution in [0.2, 0.25) is 0 Å². The van der Waals surface area contributed by atoms with Crippen LogP contribution in [0.3, 0.4) is 0 Å².